The Labute approximate surface area is 175 Å². The van der Waals surface area contributed by atoms with E-state index in [2.05, 4.69) is 20.8 Å². The third kappa shape index (κ3) is 4.33. The molecule has 2 amide bonds. The summed E-state index contributed by atoms with van der Waals surface area (Å²) in [6, 6.07) is 14.8. The van der Waals surface area contributed by atoms with Crippen LogP contribution in [0.15, 0.2) is 52.9 Å². The number of amides is 2. The lowest BCUT2D eigenvalue weighted by Gasteiger charge is -2.28. The number of hydrogen-bond acceptors (Lipinski definition) is 8. The van der Waals surface area contributed by atoms with Gasteiger partial charge in [0.05, 0.1) is 29.9 Å². The van der Waals surface area contributed by atoms with E-state index in [1.165, 1.54) is 28.0 Å². The van der Waals surface area contributed by atoms with Crippen LogP contribution in [0.1, 0.15) is 0 Å². The van der Waals surface area contributed by atoms with E-state index in [0.29, 0.717) is 26.6 Å². The van der Waals surface area contributed by atoms with Crippen LogP contribution in [0.25, 0.3) is 0 Å². The number of thioether (sulfide) groups is 1. The van der Waals surface area contributed by atoms with Gasteiger partial charge in [-0.05, 0) is 24.3 Å². The van der Waals surface area contributed by atoms with Crippen molar-refractivity contribution in [1.82, 2.24) is 10.2 Å². The van der Waals surface area contributed by atoms with Crippen molar-refractivity contribution in [2.75, 3.05) is 34.9 Å². The maximum atomic E-state index is 12.7. The molecule has 2 aromatic carbocycles. The van der Waals surface area contributed by atoms with E-state index < -0.39 is 0 Å². The van der Waals surface area contributed by atoms with Gasteiger partial charge in [0.15, 0.2) is 4.34 Å². The number of nitrogens with zero attached hydrogens (tertiary/aromatic N) is 3. The van der Waals surface area contributed by atoms with Crippen LogP contribution in [0.4, 0.5) is 22.2 Å². The molecule has 4 rings (SSSR count). The van der Waals surface area contributed by atoms with Gasteiger partial charge >= 0.3 is 0 Å². The SMILES string of the molecule is COc1ccccc1Nc1nnc(SCC(=O)N2CC(=O)Nc3ccccc32)s1. The summed E-state index contributed by atoms with van der Waals surface area (Å²) >= 11 is 2.64. The highest BCUT2D eigenvalue weighted by atomic mass is 32.2. The molecule has 29 heavy (non-hydrogen) atoms. The predicted octanol–water partition coefficient (Wildman–Crippen LogP) is 3.37. The van der Waals surface area contributed by atoms with E-state index in [-0.39, 0.29) is 24.1 Å². The summed E-state index contributed by atoms with van der Waals surface area (Å²) in [4.78, 5) is 26.1. The van der Waals surface area contributed by atoms with Gasteiger partial charge in [-0.1, -0.05) is 47.4 Å². The van der Waals surface area contributed by atoms with Crippen molar-refractivity contribution >= 4 is 57.1 Å². The molecule has 0 aliphatic carbocycles. The standard InChI is InChI=1S/C19H17N5O3S2/c1-27-15-9-5-3-7-13(15)21-18-22-23-19(29-18)28-11-17(26)24-10-16(25)20-12-6-2-4-8-14(12)24/h2-9H,10-11H2,1H3,(H,20,25)(H,21,22). The van der Waals surface area contributed by atoms with Crippen molar-refractivity contribution in [1.29, 1.82) is 0 Å². The summed E-state index contributed by atoms with van der Waals surface area (Å²) < 4.78 is 5.97. The number of para-hydroxylation sites is 4. The number of ether oxygens (including phenoxy) is 1. The summed E-state index contributed by atoms with van der Waals surface area (Å²) in [5.74, 6) is 0.493. The molecule has 148 valence electrons. The number of carbonyl (C=O) groups is 2. The number of aromatic nitrogens is 2. The van der Waals surface area contributed by atoms with Gasteiger partial charge in [0.1, 0.15) is 12.3 Å². The van der Waals surface area contributed by atoms with Crippen molar-refractivity contribution in [2.24, 2.45) is 0 Å². The molecular formula is C19H17N5O3S2. The summed E-state index contributed by atoms with van der Waals surface area (Å²) in [5, 5.41) is 14.8. The smallest absolute Gasteiger partial charge is 0.244 e. The molecular weight excluding hydrogens is 410 g/mol. The molecule has 0 saturated heterocycles. The third-order valence-corrected chi connectivity index (χ3v) is 6.10. The normalized spacial score (nSPS) is 12.9. The lowest BCUT2D eigenvalue weighted by molar-refractivity contribution is -0.120. The summed E-state index contributed by atoms with van der Waals surface area (Å²) in [5.41, 5.74) is 2.13. The van der Waals surface area contributed by atoms with Gasteiger partial charge in [0.2, 0.25) is 16.9 Å². The average molecular weight is 428 g/mol. The van der Waals surface area contributed by atoms with Crippen LogP contribution in [-0.4, -0.2) is 41.4 Å². The van der Waals surface area contributed by atoms with Gasteiger partial charge in [0.25, 0.3) is 0 Å². The highest BCUT2D eigenvalue weighted by Crippen LogP contribution is 2.33. The second kappa shape index (κ2) is 8.50. The fourth-order valence-electron chi connectivity index (χ4n) is 2.84. The third-order valence-electron chi connectivity index (χ3n) is 4.15. The molecule has 1 aliphatic rings. The minimum atomic E-state index is -0.207. The molecule has 1 aliphatic heterocycles. The Morgan fingerprint density at radius 3 is 2.90 bits per heavy atom. The molecule has 0 atom stereocenters. The average Bonchev–Trinajstić information content (AvgIpc) is 3.19. The number of benzene rings is 2. The van der Waals surface area contributed by atoms with Crippen LogP contribution in [0.2, 0.25) is 0 Å². The molecule has 3 aromatic rings. The van der Waals surface area contributed by atoms with Crippen molar-refractivity contribution in [2.45, 2.75) is 4.34 Å². The van der Waals surface area contributed by atoms with Crippen LogP contribution >= 0.6 is 23.1 Å². The maximum Gasteiger partial charge on any atom is 0.244 e. The molecule has 0 radical (unpaired) electrons. The van der Waals surface area contributed by atoms with Crippen LogP contribution < -0.4 is 20.3 Å². The Morgan fingerprint density at radius 2 is 2.03 bits per heavy atom. The minimum absolute atomic E-state index is 0.00708. The number of nitrogens with one attached hydrogen (secondary N) is 2. The molecule has 0 unspecified atom stereocenters. The van der Waals surface area contributed by atoms with Crippen molar-refractivity contribution in [3.63, 3.8) is 0 Å². The molecule has 0 fully saturated rings. The van der Waals surface area contributed by atoms with Gasteiger partial charge in [-0.3, -0.25) is 9.59 Å². The van der Waals surface area contributed by atoms with E-state index in [1.807, 2.05) is 42.5 Å². The number of rotatable bonds is 6. The van der Waals surface area contributed by atoms with E-state index in [0.717, 1.165) is 5.69 Å². The lowest BCUT2D eigenvalue weighted by atomic mass is 10.2. The van der Waals surface area contributed by atoms with Gasteiger partial charge in [0, 0.05) is 0 Å². The van der Waals surface area contributed by atoms with Gasteiger partial charge in [-0.25, -0.2) is 0 Å². The Morgan fingerprint density at radius 1 is 1.24 bits per heavy atom. The van der Waals surface area contributed by atoms with E-state index >= 15 is 0 Å². The highest BCUT2D eigenvalue weighted by molar-refractivity contribution is 8.01. The molecule has 1 aromatic heterocycles. The first-order valence-electron chi connectivity index (χ1n) is 8.69. The Hall–Kier alpha value is -3.11. The van der Waals surface area contributed by atoms with Crippen molar-refractivity contribution in [3.05, 3.63) is 48.5 Å². The summed E-state index contributed by atoms with van der Waals surface area (Å²) in [6.45, 7) is 0.00708. The molecule has 0 saturated carbocycles. The number of hydrogen-bond donors (Lipinski definition) is 2. The number of fused-ring (bicyclic) bond motifs is 1. The van der Waals surface area contributed by atoms with E-state index in [1.54, 1.807) is 13.2 Å². The molecule has 2 heterocycles. The van der Waals surface area contributed by atoms with Crippen LogP contribution in [0.5, 0.6) is 5.75 Å². The zero-order valence-corrected chi connectivity index (χ0v) is 17.0. The minimum Gasteiger partial charge on any atom is -0.495 e. The fourth-order valence-corrected chi connectivity index (χ4v) is 4.48. The number of anilines is 4. The van der Waals surface area contributed by atoms with Crippen molar-refractivity contribution in [3.8, 4) is 5.75 Å². The van der Waals surface area contributed by atoms with Crippen molar-refractivity contribution < 1.29 is 14.3 Å². The monoisotopic (exact) mass is 427 g/mol. The molecule has 2 N–H and O–H groups in total. The van der Waals surface area contributed by atoms with E-state index in [9.17, 15) is 9.59 Å². The lowest BCUT2D eigenvalue weighted by Crippen LogP contribution is -2.43. The van der Waals surface area contributed by atoms with Crippen LogP contribution in [0, 0.1) is 0 Å². The second-order valence-corrected chi connectivity index (χ2v) is 8.23. The first-order chi connectivity index (χ1) is 14.1. The van der Waals surface area contributed by atoms with Gasteiger partial charge < -0.3 is 20.3 Å². The first-order valence-corrected chi connectivity index (χ1v) is 10.5. The Bertz CT molecular complexity index is 1060. The topological polar surface area (TPSA) is 96.4 Å². The highest BCUT2D eigenvalue weighted by Gasteiger charge is 2.26. The maximum absolute atomic E-state index is 12.7. The predicted molar refractivity (Wildman–Crippen MR) is 114 cm³/mol. The van der Waals surface area contributed by atoms with Gasteiger partial charge in [-0.2, -0.15) is 0 Å². The zero-order chi connectivity index (χ0) is 20.2. The van der Waals surface area contributed by atoms with Gasteiger partial charge in [-0.15, -0.1) is 10.2 Å². The Balaban J connectivity index is 1.40. The van der Waals surface area contributed by atoms with Crippen LogP contribution in [0.3, 0.4) is 0 Å². The first kappa shape index (κ1) is 19.2. The molecule has 0 bridgehead atoms. The number of methoxy groups -OCH3 is 1. The Kier molecular flexibility index (Phi) is 5.63. The second-order valence-electron chi connectivity index (χ2n) is 6.03. The summed E-state index contributed by atoms with van der Waals surface area (Å²) in [7, 11) is 1.60. The van der Waals surface area contributed by atoms with E-state index in [4.69, 9.17) is 4.74 Å². The quantitative estimate of drug-likeness (QED) is 0.582. The zero-order valence-electron chi connectivity index (χ0n) is 15.4. The molecule has 8 nitrogen and oxygen atoms in total. The molecule has 10 heteroatoms. The molecule has 0 spiro atoms. The summed E-state index contributed by atoms with van der Waals surface area (Å²) in [6.07, 6.45) is 0. The largest absolute Gasteiger partial charge is 0.495 e. The fraction of sp³-hybridized carbons (Fsp3) is 0.158. The van der Waals surface area contributed by atoms with Crippen LogP contribution in [-0.2, 0) is 9.59 Å². The number of carbonyl (C=O) groups excluding carboxylic acids is 2.